The second kappa shape index (κ2) is 5.17. The van der Waals surface area contributed by atoms with Crippen molar-refractivity contribution in [2.75, 3.05) is 6.61 Å². The molecular weight excluding hydrogens is 222 g/mol. The van der Waals surface area contributed by atoms with E-state index >= 15 is 0 Å². The number of aromatic nitrogens is 1. The molecule has 0 unspecified atom stereocenters. The molecule has 0 aliphatic rings. The van der Waals surface area contributed by atoms with Crippen LogP contribution >= 0.6 is 11.6 Å². The van der Waals surface area contributed by atoms with Crippen LogP contribution in [0.25, 0.3) is 10.8 Å². The molecule has 0 aliphatic carbocycles. The lowest BCUT2D eigenvalue weighted by atomic mass is 10.1. The Bertz CT molecular complexity index is 484. The smallest absolute Gasteiger partial charge is 0.221 e. The first-order valence-electron chi connectivity index (χ1n) is 5.42. The first kappa shape index (κ1) is 11.2. The van der Waals surface area contributed by atoms with E-state index in [0.29, 0.717) is 18.4 Å². The molecule has 0 atom stereocenters. The Morgan fingerprint density at radius 3 is 2.69 bits per heavy atom. The van der Waals surface area contributed by atoms with Crippen molar-refractivity contribution in [2.45, 2.75) is 19.2 Å². The summed E-state index contributed by atoms with van der Waals surface area (Å²) in [6, 6.07) is 8.06. The van der Waals surface area contributed by atoms with Crippen LogP contribution in [0.4, 0.5) is 0 Å². The lowest BCUT2D eigenvalue weighted by Crippen LogP contribution is -1.99. The van der Waals surface area contributed by atoms with Crippen LogP contribution in [-0.2, 0) is 5.88 Å². The zero-order chi connectivity index (χ0) is 11.4. The van der Waals surface area contributed by atoms with E-state index < -0.39 is 0 Å². The number of ether oxygens (including phenoxy) is 1. The summed E-state index contributed by atoms with van der Waals surface area (Å²) in [7, 11) is 0. The molecule has 0 saturated heterocycles. The fraction of sp³-hybridized carbons (Fsp3) is 0.308. The highest BCUT2D eigenvalue weighted by Crippen LogP contribution is 2.26. The Morgan fingerprint density at radius 1 is 1.25 bits per heavy atom. The predicted octanol–water partition coefficient (Wildman–Crippen LogP) is 3.76. The fourth-order valence-electron chi connectivity index (χ4n) is 1.65. The van der Waals surface area contributed by atoms with Crippen molar-refractivity contribution in [2.24, 2.45) is 0 Å². The van der Waals surface area contributed by atoms with Crippen molar-refractivity contribution in [3.05, 3.63) is 36.0 Å². The monoisotopic (exact) mass is 235 g/mol. The molecule has 1 aromatic carbocycles. The molecule has 0 bridgehead atoms. The van der Waals surface area contributed by atoms with Gasteiger partial charge in [-0.2, -0.15) is 0 Å². The van der Waals surface area contributed by atoms with Crippen molar-refractivity contribution >= 4 is 22.4 Å². The molecule has 2 rings (SSSR count). The maximum absolute atomic E-state index is 5.88. The van der Waals surface area contributed by atoms with Crippen LogP contribution in [0.5, 0.6) is 5.88 Å². The Balaban J connectivity index is 2.51. The molecule has 0 saturated carbocycles. The highest BCUT2D eigenvalue weighted by molar-refractivity contribution is 6.18. The van der Waals surface area contributed by atoms with Crippen molar-refractivity contribution in [1.82, 2.24) is 4.98 Å². The number of fused-ring (bicyclic) bond motifs is 1. The van der Waals surface area contributed by atoms with Gasteiger partial charge >= 0.3 is 0 Å². The molecule has 0 N–H and O–H groups in total. The van der Waals surface area contributed by atoms with Crippen LogP contribution in [-0.4, -0.2) is 11.6 Å². The normalized spacial score (nSPS) is 10.6. The maximum Gasteiger partial charge on any atom is 0.221 e. The summed E-state index contributed by atoms with van der Waals surface area (Å²) < 4.78 is 5.61. The quantitative estimate of drug-likeness (QED) is 0.753. The number of alkyl halides is 1. The molecule has 3 heteroatoms. The number of hydrogen-bond acceptors (Lipinski definition) is 2. The number of pyridine rings is 1. The second-order valence-corrected chi connectivity index (χ2v) is 3.88. The van der Waals surface area contributed by atoms with Gasteiger partial charge in [-0.1, -0.05) is 25.1 Å². The zero-order valence-corrected chi connectivity index (χ0v) is 10.00. The van der Waals surface area contributed by atoms with E-state index in [0.717, 1.165) is 22.8 Å². The fourth-order valence-corrected chi connectivity index (χ4v) is 1.86. The Kier molecular flexibility index (Phi) is 3.62. The van der Waals surface area contributed by atoms with E-state index in [1.807, 2.05) is 24.3 Å². The largest absolute Gasteiger partial charge is 0.477 e. The summed E-state index contributed by atoms with van der Waals surface area (Å²) in [5.74, 6) is 1.17. The van der Waals surface area contributed by atoms with Gasteiger partial charge in [0, 0.05) is 17.5 Å². The van der Waals surface area contributed by atoms with Gasteiger partial charge in [0.25, 0.3) is 0 Å². The summed E-state index contributed by atoms with van der Waals surface area (Å²) >= 11 is 5.88. The van der Waals surface area contributed by atoms with Gasteiger partial charge in [-0.15, -0.1) is 11.6 Å². The third kappa shape index (κ3) is 2.12. The Hall–Kier alpha value is -1.28. The van der Waals surface area contributed by atoms with Gasteiger partial charge in [-0.05, 0) is 23.4 Å². The molecule has 84 valence electrons. The van der Waals surface area contributed by atoms with Gasteiger partial charge < -0.3 is 4.74 Å². The standard InChI is InChI=1S/C13H14ClNO/c1-2-7-16-13-12-6-4-3-5-11(12)10(8-14)9-15-13/h3-6,9H,2,7-8H2,1H3. The maximum atomic E-state index is 5.88. The molecule has 0 amide bonds. The summed E-state index contributed by atoms with van der Waals surface area (Å²) in [5.41, 5.74) is 1.04. The van der Waals surface area contributed by atoms with Crippen molar-refractivity contribution < 1.29 is 4.74 Å². The van der Waals surface area contributed by atoms with Gasteiger partial charge in [0.1, 0.15) is 0 Å². The molecule has 16 heavy (non-hydrogen) atoms. The van der Waals surface area contributed by atoms with E-state index in [9.17, 15) is 0 Å². The Morgan fingerprint density at radius 2 is 2.00 bits per heavy atom. The van der Waals surface area contributed by atoms with E-state index in [1.165, 1.54) is 0 Å². The summed E-state index contributed by atoms with van der Waals surface area (Å²) in [6.45, 7) is 2.77. The van der Waals surface area contributed by atoms with E-state index in [4.69, 9.17) is 16.3 Å². The molecule has 0 spiro atoms. The average Bonchev–Trinajstić information content (AvgIpc) is 2.36. The van der Waals surface area contributed by atoms with Crippen LogP contribution in [0, 0.1) is 0 Å². The first-order chi connectivity index (χ1) is 7.86. The van der Waals surface area contributed by atoms with Gasteiger partial charge in [0.2, 0.25) is 5.88 Å². The molecule has 0 radical (unpaired) electrons. The molecule has 2 nitrogen and oxygen atoms in total. The third-order valence-corrected chi connectivity index (χ3v) is 2.72. The SMILES string of the molecule is CCCOc1ncc(CCl)c2ccccc12. The van der Waals surface area contributed by atoms with Crippen LogP contribution in [0.15, 0.2) is 30.5 Å². The minimum absolute atomic E-state index is 0.474. The number of hydrogen-bond donors (Lipinski definition) is 0. The number of rotatable bonds is 4. The summed E-state index contributed by atoms with van der Waals surface area (Å²) in [6.07, 6.45) is 2.77. The zero-order valence-electron chi connectivity index (χ0n) is 9.24. The van der Waals surface area contributed by atoms with Crippen molar-refractivity contribution in [3.63, 3.8) is 0 Å². The van der Waals surface area contributed by atoms with Crippen molar-refractivity contribution in [3.8, 4) is 5.88 Å². The molecule has 0 fully saturated rings. The minimum Gasteiger partial charge on any atom is -0.477 e. The Labute approximate surface area is 100 Å². The molecule has 1 aromatic heterocycles. The summed E-state index contributed by atoms with van der Waals surface area (Å²) in [5, 5.41) is 2.16. The highest BCUT2D eigenvalue weighted by atomic mass is 35.5. The average molecular weight is 236 g/mol. The first-order valence-corrected chi connectivity index (χ1v) is 5.95. The molecule has 2 aromatic rings. The van der Waals surface area contributed by atoms with E-state index in [2.05, 4.69) is 11.9 Å². The molecule has 0 aliphatic heterocycles. The van der Waals surface area contributed by atoms with Gasteiger partial charge in [0.15, 0.2) is 0 Å². The second-order valence-electron chi connectivity index (χ2n) is 3.62. The van der Waals surface area contributed by atoms with Gasteiger partial charge in [0.05, 0.1) is 6.61 Å². The number of halogens is 1. The lowest BCUT2D eigenvalue weighted by Gasteiger charge is -2.09. The molecular formula is C13H14ClNO. The lowest BCUT2D eigenvalue weighted by molar-refractivity contribution is 0.309. The van der Waals surface area contributed by atoms with Crippen LogP contribution in [0.2, 0.25) is 0 Å². The number of nitrogens with zero attached hydrogens (tertiary/aromatic N) is 1. The van der Waals surface area contributed by atoms with Crippen LogP contribution in [0.1, 0.15) is 18.9 Å². The summed E-state index contributed by atoms with van der Waals surface area (Å²) in [4.78, 5) is 4.31. The van der Waals surface area contributed by atoms with Crippen molar-refractivity contribution in [1.29, 1.82) is 0 Å². The van der Waals surface area contributed by atoms with Gasteiger partial charge in [-0.25, -0.2) is 4.98 Å². The predicted molar refractivity (Wildman–Crippen MR) is 67.1 cm³/mol. The minimum atomic E-state index is 0.474. The number of benzene rings is 1. The topological polar surface area (TPSA) is 22.1 Å². The van der Waals surface area contributed by atoms with E-state index in [-0.39, 0.29) is 0 Å². The van der Waals surface area contributed by atoms with Gasteiger partial charge in [-0.3, -0.25) is 0 Å². The third-order valence-electron chi connectivity index (χ3n) is 2.43. The van der Waals surface area contributed by atoms with E-state index in [1.54, 1.807) is 6.20 Å². The molecule has 1 heterocycles. The van der Waals surface area contributed by atoms with Crippen LogP contribution < -0.4 is 4.74 Å². The highest BCUT2D eigenvalue weighted by Gasteiger charge is 2.06. The van der Waals surface area contributed by atoms with Crippen LogP contribution in [0.3, 0.4) is 0 Å².